The molecule has 200 valence electrons. The predicted octanol–water partition coefficient (Wildman–Crippen LogP) is 4.96. The van der Waals surface area contributed by atoms with E-state index in [9.17, 15) is 4.79 Å². The van der Waals surface area contributed by atoms with Crippen LogP contribution in [0.25, 0.3) is 11.2 Å². The van der Waals surface area contributed by atoms with Gasteiger partial charge in [0.05, 0.1) is 33.5 Å². The molecule has 1 saturated carbocycles. The molecule has 0 spiro atoms. The molecule has 2 heterocycles. The largest absolute Gasteiger partial charge is 0.497 e. The average Bonchev–Trinajstić information content (AvgIpc) is 3.61. The van der Waals surface area contributed by atoms with Gasteiger partial charge in [0.1, 0.15) is 23.5 Å². The normalized spacial score (nSPS) is 14.2. The van der Waals surface area contributed by atoms with Crippen molar-refractivity contribution in [2.75, 3.05) is 14.2 Å². The second-order valence-electron chi connectivity index (χ2n) is 10.1. The molecule has 0 aliphatic heterocycles. The maximum atomic E-state index is 12.6. The minimum absolute atomic E-state index is 0.217. The fourth-order valence-electron chi connectivity index (χ4n) is 4.71. The molecule has 0 atom stereocenters. The highest BCUT2D eigenvalue weighted by Crippen LogP contribution is 2.33. The van der Waals surface area contributed by atoms with Crippen LogP contribution in [0.3, 0.4) is 0 Å². The molecule has 0 saturated heterocycles. The molecule has 0 amide bonds. The quantitative estimate of drug-likeness (QED) is 0.317. The first-order valence-corrected chi connectivity index (χ1v) is 12.9. The Morgan fingerprint density at radius 3 is 2.45 bits per heavy atom. The first-order valence-electron chi connectivity index (χ1n) is 12.9. The molecule has 4 aromatic rings. The van der Waals surface area contributed by atoms with Crippen LogP contribution >= 0.6 is 0 Å². The summed E-state index contributed by atoms with van der Waals surface area (Å²) < 4.78 is 25.1. The molecule has 9 heteroatoms. The van der Waals surface area contributed by atoms with Crippen LogP contribution < -0.4 is 19.8 Å². The Balaban J connectivity index is 1.38. The monoisotopic (exact) mass is 518 g/mol. The number of hydrogen-bond donors (Lipinski definition) is 1. The Hall–Kier alpha value is -3.85. The second kappa shape index (κ2) is 10.9. The standard InChI is InChI=1S/C29H34N4O5/c1-29(2,37-17-19-9-12-21(35-3)13-10-19)28-31-25-26(32-28)33(18-30-27(25)34)16-20-11-14-23(36-4)24(15-20)38-22-7-5-6-8-22/h9-15,18,22H,5-8,16-17H2,1-4H3,(H,31,32). The van der Waals surface area contributed by atoms with Gasteiger partial charge < -0.3 is 28.5 Å². The van der Waals surface area contributed by atoms with E-state index in [1.54, 1.807) is 14.2 Å². The highest BCUT2D eigenvalue weighted by atomic mass is 16.5. The third-order valence-electron chi connectivity index (χ3n) is 6.99. The maximum Gasteiger partial charge on any atom is 0.298 e. The molecule has 0 bridgehead atoms. The van der Waals surface area contributed by atoms with E-state index >= 15 is 0 Å². The van der Waals surface area contributed by atoms with Crippen molar-refractivity contribution < 1.29 is 18.9 Å². The van der Waals surface area contributed by atoms with Crippen molar-refractivity contribution in [1.82, 2.24) is 19.5 Å². The Bertz CT molecular complexity index is 1450. The zero-order valence-electron chi connectivity index (χ0n) is 22.3. The molecule has 2 aromatic heterocycles. The topological polar surface area (TPSA) is 100 Å². The van der Waals surface area contributed by atoms with Crippen LogP contribution in [0.4, 0.5) is 0 Å². The summed E-state index contributed by atoms with van der Waals surface area (Å²) in [5.41, 5.74) is 1.73. The Morgan fingerprint density at radius 2 is 1.74 bits per heavy atom. The van der Waals surface area contributed by atoms with Gasteiger partial charge in [-0.2, -0.15) is 4.98 Å². The first-order chi connectivity index (χ1) is 18.4. The third kappa shape index (κ3) is 5.52. The smallest absolute Gasteiger partial charge is 0.298 e. The van der Waals surface area contributed by atoms with Crippen molar-refractivity contribution in [3.8, 4) is 17.2 Å². The highest BCUT2D eigenvalue weighted by Gasteiger charge is 2.27. The molecule has 2 aromatic carbocycles. The van der Waals surface area contributed by atoms with Crippen molar-refractivity contribution in [2.45, 2.75) is 64.4 Å². The highest BCUT2D eigenvalue weighted by molar-refractivity contribution is 5.70. The lowest BCUT2D eigenvalue weighted by molar-refractivity contribution is -0.0393. The van der Waals surface area contributed by atoms with E-state index in [0.29, 0.717) is 35.9 Å². The Morgan fingerprint density at radius 1 is 1.00 bits per heavy atom. The third-order valence-corrected chi connectivity index (χ3v) is 6.99. The van der Waals surface area contributed by atoms with E-state index in [1.807, 2.05) is 60.9 Å². The lowest BCUT2D eigenvalue weighted by atomic mass is 10.1. The van der Waals surface area contributed by atoms with Crippen LogP contribution in [0, 0.1) is 0 Å². The fraction of sp³-hybridized carbons (Fsp3) is 0.414. The van der Waals surface area contributed by atoms with E-state index in [0.717, 1.165) is 35.5 Å². The number of ether oxygens (including phenoxy) is 4. The molecule has 38 heavy (non-hydrogen) atoms. The van der Waals surface area contributed by atoms with Gasteiger partial charge in [-0.3, -0.25) is 4.79 Å². The van der Waals surface area contributed by atoms with Crippen LogP contribution in [0.15, 0.2) is 53.6 Å². The van der Waals surface area contributed by atoms with Crippen LogP contribution in [0.5, 0.6) is 17.2 Å². The molecule has 1 N–H and O–H groups in total. The van der Waals surface area contributed by atoms with E-state index in [2.05, 4.69) is 9.97 Å². The number of aromatic nitrogens is 4. The molecule has 9 nitrogen and oxygen atoms in total. The summed E-state index contributed by atoms with van der Waals surface area (Å²) in [6, 6.07) is 13.6. The van der Waals surface area contributed by atoms with Gasteiger partial charge in [0.25, 0.3) is 5.56 Å². The number of aromatic amines is 1. The zero-order chi connectivity index (χ0) is 26.7. The fourth-order valence-corrected chi connectivity index (χ4v) is 4.71. The van der Waals surface area contributed by atoms with Crippen LogP contribution in [0.2, 0.25) is 0 Å². The Kier molecular flexibility index (Phi) is 7.37. The summed E-state index contributed by atoms with van der Waals surface area (Å²) in [5.74, 6) is 2.79. The van der Waals surface area contributed by atoms with Gasteiger partial charge in [0.2, 0.25) is 0 Å². The van der Waals surface area contributed by atoms with Crippen molar-refractivity contribution in [1.29, 1.82) is 0 Å². The summed E-state index contributed by atoms with van der Waals surface area (Å²) in [6.07, 6.45) is 6.25. The van der Waals surface area contributed by atoms with Crippen molar-refractivity contribution in [3.63, 3.8) is 0 Å². The first kappa shape index (κ1) is 25.8. The van der Waals surface area contributed by atoms with Crippen molar-refractivity contribution >= 4 is 11.2 Å². The van der Waals surface area contributed by atoms with Crippen molar-refractivity contribution in [3.05, 3.63) is 76.1 Å². The molecular weight excluding hydrogens is 484 g/mol. The number of imidazole rings is 1. The summed E-state index contributed by atoms with van der Waals surface area (Å²) in [5, 5.41) is 0. The van der Waals surface area contributed by atoms with E-state index in [1.165, 1.54) is 19.2 Å². The summed E-state index contributed by atoms with van der Waals surface area (Å²) >= 11 is 0. The van der Waals surface area contributed by atoms with Crippen LogP contribution in [-0.4, -0.2) is 39.8 Å². The summed E-state index contributed by atoms with van der Waals surface area (Å²) in [4.78, 5) is 24.6. The van der Waals surface area contributed by atoms with E-state index in [-0.39, 0.29) is 11.7 Å². The zero-order valence-corrected chi connectivity index (χ0v) is 22.3. The molecule has 5 rings (SSSR count). The van der Waals surface area contributed by atoms with Gasteiger partial charge in [-0.05, 0) is 74.9 Å². The molecule has 1 aliphatic rings. The molecule has 0 radical (unpaired) electrons. The number of fused-ring (bicyclic) bond motifs is 1. The van der Waals surface area contributed by atoms with Crippen LogP contribution in [-0.2, 0) is 23.5 Å². The van der Waals surface area contributed by atoms with Gasteiger partial charge in [-0.25, -0.2) is 4.98 Å². The second-order valence-corrected chi connectivity index (χ2v) is 10.1. The van der Waals surface area contributed by atoms with Gasteiger partial charge in [0, 0.05) is 0 Å². The average molecular weight is 519 g/mol. The molecule has 1 fully saturated rings. The number of H-pyrrole nitrogens is 1. The molecule has 0 unspecified atom stereocenters. The van der Waals surface area contributed by atoms with Crippen LogP contribution in [0.1, 0.15) is 56.5 Å². The number of methoxy groups -OCH3 is 2. The van der Waals surface area contributed by atoms with E-state index < -0.39 is 5.60 Å². The summed E-state index contributed by atoms with van der Waals surface area (Å²) in [6.45, 7) is 4.69. The maximum absolute atomic E-state index is 12.6. The van der Waals surface area contributed by atoms with Crippen molar-refractivity contribution in [2.24, 2.45) is 0 Å². The molecular formula is C29H34N4O5. The lowest BCUT2D eigenvalue weighted by Crippen LogP contribution is -2.23. The lowest BCUT2D eigenvalue weighted by Gasteiger charge is -2.23. The molecule has 1 aliphatic carbocycles. The number of nitrogens with one attached hydrogen (secondary N) is 1. The number of rotatable bonds is 10. The SMILES string of the molecule is COc1ccc(COC(C)(C)c2nc3c([nH]2)c(=O)ncn3Cc2ccc(OC)c(OC3CCCC3)c2)cc1. The minimum Gasteiger partial charge on any atom is -0.497 e. The minimum atomic E-state index is -0.772. The number of hydrogen-bond acceptors (Lipinski definition) is 7. The number of benzene rings is 2. The van der Waals surface area contributed by atoms with Gasteiger partial charge in [-0.1, -0.05) is 18.2 Å². The predicted molar refractivity (Wildman–Crippen MR) is 144 cm³/mol. The Labute approximate surface area is 221 Å². The van der Waals surface area contributed by atoms with Gasteiger partial charge >= 0.3 is 0 Å². The van der Waals surface area contributed by atoms with Gasteiger partial charge in [-0.15, -0.1) is 0 Å². The van der Waals surface area contributed by atoms with Gasteiger partial charge in [0.15, 0.2) is 22.7 Å². The van der Waals surface area contributed by atoms with E-state index in [4.69, 9.17) is 23.9 Å². The summed E-state index contributed by atoms with van der Waals surface area (Å²) in [7, 11) is 3.29. The number of nitrogens with zero attached hydrogens (tertiary/aromatic N) is 3.